The molecule has 3 heteroatoms. The third-order valence-corrected chi connectivity index (χ3v) is 3.59. The highest BCUT2D eigenvalue weighted by atomic mass is 79.9. The lowest BCUT2D eigenvalue weighted by Crippen LogP contribution is -2.05. The number of nitrogen functional groups attached to an aromatic ring is 1. The van der Waals surface area contributed by atoms with E-state index in [1.807, 2.05) is 30.3 Å². The number of anilines is 1. The van der Waals surface area contributed by atoms with Gasteiger partial charge in [-0.2, -0.15) is 0 Å². The van der Waals surface area contributed by atoms with Gasteiger partial charge < -0.3 is 5.73 Å². The molecule has 2 nitrogen and oxygen atoms in total. The Labute approximate surface area is 121 Å². The molecule has 0 bridgehead atoms. The number of halogens is 1. The summed E-state index contributed by atoms with van der Waals surface area (Å²) < 4.78 is 0.851. The maximum absolute atomic E-state index is 12.4. The van der Waals surface area contributed by atoms with Crippen LogP contribution in [0.1, 0.15) is 41.3 Å². The van der Waals surface area contributed by atoms with Gasteiger partial charge >= 0.3 is 0 Å². The van der Waals surface area contributed by atoms with E-state index < -0.39 is 0 Å². The second-order valence-electron chi connectivity index (χ2n) is 4.84. The van der Waals surface area contributed by atoms with Crippen molar-refractivity contribution in [2.24, 2.45) is 0 Å². The Morgan fingerprint density at radius 2 is 1.74 bits per heavy atom. The molecule has 0 aliphatic carbocycles. The van der Waals surface area contributed by atoms with E-state index in [0.717, 1.165) is 4.47 Å². The molecule has 0 unspecified atom stereocenters. The van der Waals surface area contributed by atoms with E-state index >= 15 is 0 Å². The highest BCUT2D eigenvalue weighted by Gasteiger charge is 2.13. The molecule has 0 spiro atoms. The van der Waals surface area contributed by atoms with Crippen LogP contribution in [0.4, 0.5) is 5.69 Å². The molecule has 0 amide bonds. The van der Waals surface area contributed by atoms with E-state index in [-0.39, 0.29) is 5.78 Å². The van der Waals surface area contributed by atoms with Crippen LogP contribution in [-0.4, -0.2) is 5.78 Å². The number of hydrogen-bond acceptors (Lipinski definition) is 2. The Hall–Kier alpha value is -1.61. The average Bonchev–Trinajstić information content (AvgIpc) is 2.41. The Morgan fingerprint density at radius 3 is 2.32 bits per heavy atom. The number of carbonyl (C=O) groups excluding carboxylic acids is 1. The van der Waals surface area contributed by atoms with Crippen LogP contribution < -0.4 is 5.73 Å². The fourth-order valence-electron chi connectivity index (χ4n) is 1.90. The lowest BCUT2D eigenvalue weighted by molar-refractivity contribution is 0.103. The topological polar surface area (TPSA) is 43.1 Å². The number of benzene rings is 2. The maximum atomic E-state index is 12.4. The summed E-state index contributed by atoms with van der Waals surface area (Å²) >= 11 is 3.36. The first-order chi connectivity index (χ1) is 8.99. The van der Waals surface area contributed by atoms with E-state index in [0.29, 0.717) is 22.7 Å². The van der Waals surface area contributed by atoms with Crippen LogP contribution in [0.3, 0.4) is 0 Å². The van der Waals surface area contributed by atoms with E-state index in [1.54, 1.807) is 12.1 Å². The van der Waals surface area contributed by atoms with Crippen molar-refractivity contribution in [2.45, 2.75) is 19.8 Å². The van der Waals surface area contributed by atoms with E-state index in [4.69, 9.17) is 5.73 Å². The van der Waals surface area contributed by atoms with Gasteiger partial charge in [-0.3, -0.25) is 4.79 Å². The Kier molecular flexibility index (Phi) is 4.05. The van der Waals surface area contributed by atoms with Crippen LogP contribution in [0, 0.1) is 0 Å². The Balaban J connectivity index is 2.36. The summed E-state index contributed by atoms with van der Waals surface area (Å²) in [7, 11) is 0. The van der Waals surface area contributed by atoms with Crippen LogP contribution in [0.15, 0.2) is 46.9 Å². The van der Waals surface area contributed by atoms with Crippen LogP contribution in [-0.2, 0) is 0 Å². The first-order valence-electron chi connectivity index (χ1n) is 6.18. The van der Waals surface area contributed by atoms with Gasteiger partial charge in [-0.15, -0.1) is 0 Å². The van der Waals surface area contributed by atoms with Crippen molar-refractivity contribution in [1.29, 1.82) is 0 Å². The van der Waals surface area contributed by atoms with Crippen molar-refractivity contribution in [3.8, 4) is 0 Å². The first-order valence-corrected chi connectivity index (χ1v) is 6.98. The van der Waals surface area contributed by atoms with Gasteiger partial charge in [-0.1, -0.05) is 54.0 Å². The molecule has 0 saturated heterocycles. The summed E-state index contributed by atoms with van der Waals surface area (Å²) in [5, 5.41) is 0. The molecule has 0 saturated carbocycles. The molecule has 0 radical (unpaired) electrons. The summed E-state index contributed by atoms with van der Waals surface area (Å²) in [4.78, 5) is 12.4. The largest absolute Gasteiger partial charge is 0.398 e. The molecule has 0 aliphatic rings. The minimum Gasteiger partial charge on any atom is -0.398 e. The maximum Gasteiger partial charge on any atom is 0.195 e. The van der Waals surface area contributed by atoms with E-state index in [2.05, 4.69) is 29.8 Å². The molecule has 2 rings (SSSR count). The fourth-order valence-corrected chi connectivity index (χ4v) is 2.26. The monoisotopic (exact) mass is 317 g/mol. The van der Waals surface area contributed by atoms with Gasteiger partial charge in [0, 0.05) is 21.3 Å². The number of rotatable bonds is 3. The van der Waals surface area contributed by atoms with E-state index in [9.17, 15) is 4.79 Å². The number of nitrogens with two attached hydrogens (primary N) is 1. The standard InChI is InChI=1S/C16H16BrNO/c1-10(2)11-3-5-12(6-4-11)16(19)14-9-13(17)7-8-15(14)18/h3-10H,18H2,1-2H3. The zero-order chi connectivity index (χ0) is 14.0. The number of hydrogen-bond donors (Lipinski definition) is 1. The quantitative estimate of drug-likeness (QED) is 0.674. The normalized spacial score (nSPS) is 10.7. The second-order valence-corrected chi connectivity index (χ2v) is 5.75. The summed E-state index contributed by atoms with van der Waals surface area (Å²) in [6.07, 6.45) is 0. The SMILES string of the molecule is CC(C)c1ccc(C(=O)c2cc(Br)ccc2N)cc1. The van der Waals surface area contributed by atoms with Gasteiger partial charge in [0.2, 0.25) is 0 Å². The summed E-state index contributed by atoms with van der Waals surface area (Å²) in [6, 6.07) is 13.0. The average molecular weight is 318 g/mol. The van der Waals surface area contributed by atoms with Crippen molar-refractivity contribution in [3.05, 3.63) is 63.6 Å². The van der Waals surface area contributed by atoms with Crippen molar-refractivity contribution in [3.63, 3.8) is 0 Å². The smallest absolute Gasteiger partial charge is 0.195 e. The van der Waals surface area contributed by atoms with Crippen molar-refractivity contribution < 1.29 is 4.79 Å². The highest BCUT2D eigenvalue weighted by Crippen LogP contribution is 2.22. The van der Waals surface area contributed by atoms with Gasteiger partial charge in [0.15, 0.2) is 5.78 Å². The first kappa shape index (κ1) is 13.8. The molecule has 98 valence electrons. The number of carbonyl (C=O) groups is 1. The summed E-state index contributed by atoms with van der Waals surface area (Å²) in [5.41, 5.74) is 8.78. The van der Waals surface area contributed by atoms with Crippen molar-refractivity contribution in [2.75, 3.05) is 5.73 Å². The van der Waals surface area contributed by atoms with Gasteiger partial charge in [-0.05, 0) is 29.7 Å². The molecule has 19 heavy (non-hydrogen) atoms. The molecule has 0 aliphatic heterocycles. The predicted octanol–water partition coefficient (Wildman–Crippen LogP) is 4.39. The van der Waals surface area contributed by atoms with Gasteiger partial charge in [0.05, 0.1) is 0 Å². The molecule has 2 aromatic carbocycles. The summed E-state index contributed by atoms with van der Waals surface area (Å²) in [5.74, 6) is 0.411. The highest BCUT2D eigenvalue weighted by molar-refractivity contribution is 9.10. The second kappa shape index (κ2) is 5.57. The zero-order valence-corrected chi connectivity index (χ0v) is 12.6. The molecule has 2 aromatic rings. The zero-order valence-electron chi connectivity index (χ0n) is 11.0. The van der Waals surface area contributed by atoms with Crippen LogP contribution in [0.2, 0.25) is 0 Å². The van der Waals surface area contributed by atoms with Gasteiger partial charge in [0.25, 0.3) is 0 Å². The molecule has 0 fully saturated rings. The predicted molar refractivity (Wildman–Crippen MR) is 82.5 cm³/mol. The Bertz CT molecular complexity index is 603. The van der Waals surface area contributed by atoms with E-state index in [1.165, 1.54) is 5.56 Å². The molecule has 0 atom stereocenters. The minimum absolute atomic E-state index is 0.0471. The molecular formula is C16H16BrNO. The lowest BCUT2D eigenvalue weighted by atomic mass is 9.97. The van der Waals surface area contributed by atoms with Crippen LogP contribution >= 0.6 is 15.9 Å². The van der Waals surface area contributed by atoms with Crippen molar-refractivity contribution in [1.82, 2.24) is 0 Å². The third kappa shape index (κ3) is 3.04. The lowest BCUT2D eigenvalue weighted by Gasteiger charge is -2.08. The minimum atomic E-state index is -0.0471. The molecule has 0 aromatic heterocycles. The van der Waals surface area contributed by atoms with Gasteiger partial charge in [0.1, 0.15) is 0 Å². The molecule has 0 heterocycles. The number of ketones is 1. The van der Waals surface area contributed by atoms with Crippen molar-refractivity contribution >= 4 is 27.4 Å². The van der Waals surface area contributed by atoms with Gasteiger partial charge in [-0.25, -0.2) is 0 Å². The fraction of sp³-hybridized carbons (Fsp3) is 0.188. The van der Waals surface area contributed by atoms with Crippen LogP contribution in [0.5, 0.6) is 0 Å². The molecule has 2 N–H and O–H groups in total. The Morgan fingerprint density at radius 1 is 1.11 bits per heavy atom. The van der Waals surface area contributed by atoms with Crippen LogP contribution in [0.25, 0.3) is 0 Å². The molecular weight excluding hydrogens is 302 g/mol. The summed E-state index contributed by atoms with van der Waals surface area (Å²) in [6.45, 7) is 4.26. The third-order valence-electron chi connectivity index (χ3n) is 3.10.